The molecule has 0 bridgehead atoms. The molecule has 2 heterocycles. The average molecular weight is 252 g/mol. The number of ketones is 1. The highest BCUT2D eigenvalue weighted by atomic mass is 32.1. The van der Waals surface area contributed by atoms with E-state index in [4.69, 9.17) is 0 Å². The zero-order valence-electron chi connectivity index (χ0n) is 8.17. The molecule has 2 aromatic heterocycles. The first kappa shape index (κ1) is 11.0. The van der Waals surface area contributed by atoms with Gasteiger partial charge in [-0.1, -0.05) is 6.07 Å². The van der Waals surface area contributed by atoms with Gasteiger partial charge >= 0.3 is 0 Å². The van der Waals surface area contributed by atoms with E-state index in [9.17, 15) is 9.59 Å². The van der Waals surface area contributed by atoms with Crippen molar-refractivity contribution in [3.63, 3.8) is 0 Å². The van der Waals surface area contributed by atoms with Gasteiger partial charge in [-0.2, -0.15) is 0 Å². The Labute approximate surface area is 100.0 Å². The van der Waals surface area contributed by atoms with Gasteiger partial charge in [0.25, 0.3) is 5.91 Å². The molecule has 2 rings (SSSR count). The highest BCUT2D eigenvalue weighted by Gasteiger charge is 2.11. The van der Waals surface area contributed by atoms with Crippen LogP contribution in [-0.4, -0.2) is 23.2 Å². The van der Waals surface area contributed by atoms with Crippen LogP contribution in [0.15, 0.2) is 28.4 Å². The van der Waals surface area contributed by atoms with Crippen molar-refractivity contribution in [2.24, 2.45) is 0 Å². The molecule has 0 aliphatic heterocycles. The van der Waals surface area contributed by atoms with E-state index in [0.29, 0.717) is 10.6 Å². The van der Waals surface area contributed by atoms with E-state index >= 15 is 0 Å². The summed E-state index contributed by atoms with van der Waals surface area (Å²) < 4.78 is 0. The molecule has 1 amide bonds. The van der Waals surface area contributed by atoms with Gasteiger partial charge in [-0.05, 0) is 11.4 Å². The van der Waals surface area contributed by atoms with E-state index in [1.165, 1.54) is 22.7 Å². The maximum atomic E-state index is 11.6. The quantitative estimate of drug-likeness (QED) is 0.844. The fourth-order valence-corrected chi connectivity index (χ4v) is 2.30. The zero-order valence-corrected chi connectivity index (χ0v) is 9.81. The molecule has 0 saturated heterocycles. The summed E-state index contributed by atoms with van der Waals surface area (Å²) in [6.45, 7) is 0.0108. The zero-order chi connectivity index (χ0) is 11.4. The highest BCUT2D eigenvalue weighted by Crippen LogP contribution is 2.08. The van der Waals surface area contributed by atoms with Crippen molar-refractivity contribution in [3.8, 4) is 0 Å². The van der Waals surface area contributed by atoms with E-state index in [1.54, 1.807) is 23.0 Å². The number of Topliss-reactive ketones (excluding diaryl/α,β-unsaturated/α-hetero) is 1. The Bertz CT molecular complexity index is 431. The maximum Gasteiger partial charge on any atom is 0.271 e. The molecule has 0 spiro atoms. The summed E-state index contributed by atoms with van der Waals surface area (Å²) in [7, 11) is 0. The fourth-order valence-electron chi connectivity index (χ4n) is 1.10. The molecule has 1 N–H and O–H groups in total. The van der Waals surface area contributed by atoms with Crippen molar-refractivity contribution in [2.45, 2.75) is 0 Å². The number of rotatable bonds is 4. The number of carbonyl (C=O) groups excluding carboxylic acids is 2. The third-order valence-corrected chi connectivity index (χ3v) is 3.37. The van der Waals surface area contributed by atoms with Gasteiger partial charge in [0.1, 0.15) is 5.69 Å². The van der Waals surface area contributed by atoms with Crippen LogP contribution in [-0.2, 0) is 0 Å². The fraction of sp³-hybridized carbons (Fsp3) is 0.100. The van der Waals surface area contributed by atoms with Gasteiger partial charge in [0.05, 0.1) is 16.9 Å². The smallest absolute Gasteiger partial charge is 0.271 e. The highest BCUT2D eigenvalue weighted by molar-refractivity contribution is 7.12. The van der Waals surface area contributed by atoms with Crippen LogP contribution in [0.3, 0.4) is 0 Å². The molecular formula is C10H8N2O2S2. The van der Waals surface area contributed by atoms with Crippen LogP contribution in [0.2, 0.25) is 0 Å². The summed E-state index contributed by atoms with van der Waals surface area (Å²) in [6.07, 6.45) is 0. The van der Waals surface area contributed by atoms with Crippen LogP contribution in [0.5, 0.6) is 0 Å². The predicted octanol–water partition coefficient (Wildman–Crippen LogP) is 1.82. The molecule has 4 nitrogen and oxygen atoms in total. The average Bonchev–Trinajstić information content (AvgIpc) is 2.95. The summed E-state index contributed by atoms with van der Waals surface area (Å²) in [5, 5.41) is 6.01. The summed E-state index contributed by atoms with van der Waals surface area (Å²) in [5.41, 5.74) is 1.93. The number of carbonyl (C=O) groups is 2. The van der Waals surface area contributed by atoms with Crippen molar-refractivity contribution in [1.82, 2.24) is 10.3 Å². The molecule has 16 heavy (non-hydrogen) atoms. The SMILES string of the molecule is O=C(NCC(=O)c1cccs1)c1cscn1. The molecule has 6 heteroatoms. The lowest BCUT2D eigenvalue weighted by molar-refractivity contribution is 0.0903. The number of thiazole rings is 1. The Morgan fingerprint density at radius 3 is 2.94 bits per heavy atom. The molecule has 0 atom stereocenters. The van der Waals surface area contributed by atoms with Crippen LogP contribution in [0, 0.1) is 0 Å². The van der Waals surface area contributed by atoms with E-state index in [0.717, 1.165) is 0 Å². The Balaban J connectivity index is 1.89. The van der Waals surface area contributed by atoms with Gasteiger partial charge in [0.2, 0.25) is 0 Å². The molecule has 2 aromatic rings. The van der Waals surface area contributed by atoms with Crippen LogP contribution in [0.25, 0.3) is 0 Å². The molecule has 0 aliphatic rings. The first-order valence-corrected chi connectivity index (χ1v) is 6.32. The Hall–Kier alpha value is -1.53. The predicted molar refractivity (Wildman–Crippen MR) is 63.1 cm³/mol. The number of aromatic nitrogens is 1. The van der Waals surface area contributed by atoms with Crippen LogP contribution < -0.4 is 5.32 Å². The normalized spacial score (nSPS) is 10.0. The molecule has 0 unspecified atom stereocenters. The first-order chi connectivity index (χ1) is 7.77. The number of hydrogen-bond donors (Lipinski definition) is 1. The third-order valence-electron chi connectivity index (χ3n) is 1.87. The number of hydrogen-bond acceptors (Lipinski definition) is 5. The van der Waals surface area contributed by atoms with E-state index in [-0.39, 0.29) is 18.2 Å². The summed E-state index contributed by atoms with van der Waals surface area (Å²) >= 11 is 2.71. The Kier molecular flexibility index (Phi) is 3.43. The molecule has 0 aliphatic carbocycles. The second kappa shape index (κ2) is 5.00. The van der Waals surface area contributed by atoms with Crippen molar-refractivity contribution < 1.29 is 9.59 Å². The Morgan fingerprint density at radius 2 is 2.31 bits per heavy atom. The Morgan fingerprint density at radius 1 is 1.44 bits per heavy atom. The molecular weight excluding hydrogens is 244 g/mol. The summed E-state index contributed by atoms with van der Waals surface area (Å²) in [6, 6.07) is 3.54. The minimum atomic E-state index is -0.314. The van der Waals surface area contributed by atoms with Gasteiger partial charge in [0.15, 0.2) is 5.78 Å². The summed E-state index contributed by atoms with van der Waals surface area (Å²) in [5.74, 6) is -0.398. The second-order valence-electron chi connectivity index (χ2n) is 2.96. The van der Waals surface area contributed by atoms with E-state index < -0.39 is 0 Å². The van der Waals surface area contributed by atoms with Crippen molar-refractivity contribution >= 4 is 34.4 Å². The van der Waals surface area contributed by atoms with Crippen molar-refractivity contribution in [3.05, 3.63) is 39.0 Å². The minimum absolute atomic E-state index is 0.0108. The molecule has 0 saturated carbocycles. The molecule has 0 radical (unpaired) electrons. The maximum absolute atomic E-state index is 11.6. The molecule has 0 fully saturated rings. The second-order valence-corrected chi connectivity index (χ2v) is 4.62. The van der Waals surface area contributed by atoms with Crippen molar-refractivity contribution in [2.75, 3.05) is 6.54 Å². The standard InChI is InChI=1S/C10H8N2O2S2/c13-8(9-2-1-3-16-9)4-11-10(14)7-5-15-6-12-7/h1-3,5-6H,4H2,(H,11,14). The number of nitrogens with zero attached hydrogens (tertiary/aromatic N) is 1. The molecule has 0 aromatic carbocycles. The number of amides is 1. The minimum Gasteiger partial charge on any atom is -0.343 e. The van der Waals surface area contributed by atoms with Gasteiger partial charge in [-0.3, -0.25) is 9.59 Å². The monoisotopic (exact) mass is 252 g/mol. The van der Waals surface area contributed by atoms with Crippen LogP contribution >= 0.6 is 22.7 Å². The lowest BCUT2D eigenvalue weighted by atomic mass is 10.3. The third kappa shape index (κ3) is 2.53. The van der Waals surface area contributed by atoms with E-state index in [2.05, 4.69) is 10.3 Å². The number of nitrogens with one attached hydrogen (secondary N) is 1. The van der Waals surface area contributed by atoms with Gasteiger partial charge in [-0.25, -0.2) is 4.98 Å². The van der Waals surface area contributed by atoms with Crippen LogP contribution in [0.4, 0.5) is 0 Å². The van der Waals surface area contributed by atoms with Gasteiger partial charge < -0.3 is 5.32 Å². The van der Waals surface area contributed by atoms with Crippen LogP contribution in [0.1, 0.15) is 20.2 Å². The lowest BCUT2D eigenvalue weighted by Crippen LogP contribution is -2.29. The lowest BCUT2D eigenvalue weighted by Gasteiger charge is -2.00. The van der Waals surface area contributed by atoms with Gasteiger partial charge in [-0.15, -0.1) is 22.7 Å². The molecule has 82 valence electrons. The first-order valence-electron chi connectivity index (χ1n) is 4.50. The van der Waals surface area contributed by atoms with Gasteiger partial charge in [0, 0.05) is 5.38 Å². The van der Waals surface area contributed by atoms with E-state index in [1.807, 2.05) is 5.38 Å². The number of thiophene rings is 1. The summed E-state index contributed by atoms with van der Waals surface area (Å²) in [4.78, 5) is 27.5. The largest absolute Gasteiger partial charge is 0.343 e. The van der Waals surface area contributed by atoms with Crippen molar-refractivity contribution in [1.29, 1.82) is 0 Å². The topological polar surface area (TPSA) is 59.1 Å².